The maximum Gasteiger partial charge on any atom is 0.176 e. The van der Waals surface area contributed by atoms with E-state index in [1.54, 1.807) is 7.11 Å². The van der Waals surface area contributed by atoms with E-state index in [0.717, 1.165) is 23.3 Å². The van der Waals surface area contributed by atoms with Gasteiger partial charge in [-0.05, 0) is 53.7 Å². The molecule has 2 aromatic carbocycles. The second-order valence-electron chi connectivity index (χ2n) is 5.83. The Morgan fingerprint density at radius 3 is 2.65 bits per heavy atom. The van der Waals surface area contributed by atoms with Gasteiger partial charge in [-0.2, -0.15) is 0 Å². The van der Waals surface area contributed by atoms with Crippen LogP contribution in [0.5, 0.6) is 5.75 Å². The van der Waals surface area contributed by atoms with Crippen LogP contribution in [0.2, 0.25) is 0 Å². The average Bonchev–Trinajstić information content (AvgIpc) is 2.59. The van der Waals surface area contributed by atoms with Crippen LogP contribution in [-0.4, -0.2) is 18.3 Å². The number of methoxy groups -OCH3 is 1. The van der Waals surface area contributed by atoms with Crippen molar-refractivity contribution in [2.24, 2.45) is 0 Å². The Balaban J connectivity index is 1.90. The van der Waals surface area contributed by atoms with E-state index in [2.05, 4.69) is 12.1 Å². The summed E-state index contributed by atoms with van der Waals surface area (Å²) in [5, 5.41) is -0.453. The molecule has 0 spiro atoms. The molecule has 118 valence electrons. The predicted molar refractivity (Wildman–Crippen MR) is 94.0 cm³/mol. The highest BCUT2D eigenvalue weighted by molar-refractivity contribution is 6.34. The molecule has 2 nitrogen and oxygen atoms in total. The number of hydrogen-bond acceptors (Lipinski definition) is 2. The smallest absolute Gasteiger partial charge is 0.176 e. The number of hydrogen-bond donors (Lipinski definition) is 0. The van der Waals surface area contributed by atoms with Crippen LogP contribution >= 0.6 is 11.6 Å². The van der Waals surface area contributed by atoms with E-state index in [4.69, 9.17) is 16.3 Å². The lowest BCUT2D eigenvalue weighted by atomic mass is 9.79. The molecule has 0 heterocycles. The molecule has 3 heteroatoms. The number of allylic oxidation sites excluding steroid dienone is 1. The van der Waals surface area contributed by atoms with Crippen molar-refractivity contribution in [3.63, 3.8) is 0 Å². The number of ketones is 1. The zero-order valence-electron chi connectivity index (χ0n) is 13.0. The summed E-state index contributed by atoms with van der Waals surface area (Å²) in [6.45, 7) is 0. The summed E-state index contributed by atoms with van der Waals surface area (Å²) in [5.41, 5.74) is 2.99. The molecule has 1 aliphatic rings. The second kappa shape index (κ2) is 7.01. The van der Waals surface area contributed by atoms with Crippen molar-refractivity contribution in [1.29, 1.82) is 0 Å². The summed E-state index contributed by atoms with van der Waals surface area (Å²) >= 11 is 6.32. The molecular formula is C20H19ClO2. The lowest BCUT2D eigenvalue weighted by Crippen LogP contribution is -2.26. The van der Waals surface area contributed by atoms with Gasteiger partial charge >= 0.3 is 0 Å². The quantitative estimate of drug-likeness (QED) is 0.596. The van der Waals surface area contributed by atoms with E-state index in [9.17, 15) is 4.79 Å². The van der Waals surface area contributed by atoms with Crippen molar-refractivity contribution < 1.29 is 9.53 Å². The first-order valence-electron chi connectivity index (χ1n) is 7.75. The second-order valence-corrected chi connectivity index (χ2v) is 6.35. The Kier molecular flexibility index (Phi) is 4.82. The van der Waals surface area contributed by atoms with E-state index >= 15 is 0 Å². The van der Waals surface area contributed by atoms with Crippen molar-refractivity contribution in [1.82, 2.24) is 0 Å². The molecular weight excluding hydrogens is 308 g/mol. The van der Waals surface area contributed by atoms with Gasteiger partial charge in [0.25, 0.3) is 0 Å². The van der Waals surface area contributed by atoms with Crippen molar-refractivity contribution >= 4 is 23.5 Å². The van der Waals surface area contributed by atoms with Crippen molar-refractivity contribution in [2.75, 3.05) is 7.11 Å². The van der Waals surface area contributed by atoms with Gasteiger partial charge in [0.2, 0.25) is 0 Å². The molecule has 0 radical (unpaired) electrons. The van der Waals surface area contributed by atoms with Crippen LogP contribution in [0.3, 0.4) is 0 Å². The van der Waals surface area contributed by atoms with Gasteiger partial charge in [0.05, 0.1) is 12.5 Å². The van der Waals surface area contributed by atoms with Gasteiger partial charge in [-0.3, -0.25) is 4.79 Å². The molecule has 1 saturated carbocycles. The maximum absolute atomic E-state index is 12.4. The zero-order valence-corrected chi connectivity index (χ0v) is 13.8. The predicted octanol–water partition coefficient (Wildman–Crippen LogP) is 4.83. The van der Waals surface area contributed by atoms with Crippen LogP contribution in [0.1, 0.15) is 29.9 Å². The minimum Gasteiger partial charge on any atom is -0.497 e. The highest BCUT2D eigenvalue weighted by Gasteiger charge is 2.31. The molecule has 0 N–H and O–H groups in total. The van der Waals surface area contributed by atoms with E-state index in [1.807, 2.05) is 48.5 Å². The molecule has 23 heavy (non-hydrogen) atoms. The van der Waals surface area contributed by atoms with Gasteiger partial charge in [0, 0.05) is 0 Å². The standard InChI is InChI=1S/C20H19ClO2/c1-23-18-9-5-6-14(11-18)10-17-12-16(13-19(21)20(17)22)15-7-3-2-4-8-15/h2-11,16,19H,12-13H2,1H3. The molecule has 0 saturated heterocycles. The molecule has 3 rings (SSSR count). The average molecular weight is 327 g/mol. The van der Waals surface area contributed by atoms with Gasteiger partial charge in [-0.15, -0.1) is 11.6 Å². The van der Waals surface area contributed by atoms with Crippen molar-refractivity contribution in [3.8, 4) is 5.75 Å². The highest BCUT2D eigenvalue weighted by Crippen LogP contribution is 2.37. The molecule has 0 aliphatic heterocycles. The number of halogens is 1. The molecule has 2 aromatic rings. The molecule has 2 unspecified atom stereocenters. The van der Waals surface area contributed by atoms with E-state index in [-0.39, 0.29) is 11.7 Å². The van der Waals surface area contributed by atoms with Crippen molar-refractivity contribution in [3.05, 3.63) is 71.3 Å². The maximum atomic E-state index is 12.4. The molecule has 0 amide bonds. The number of alkyl halides is 1. The Morgan fingerprint density at radius 1 is 1.13 bits per heavy atom. The minimum absolute atomic E-state index is 0.0432. The SMILES string of the molecule is COc1cccc(C=C2CC(c3ccccc3)CC(Cl)C2=O)c1. The fraction of sp³-hybridized carbons (Fsp3) is 0.250. The van der Waals surface area contributed by atoms with Crippen LogP contribution in [0.25, 0.3) is 6.08 Å². The normalized spacial score (nSPS) is 23.0. The largest absolute Gasteiger partial charge is 0.497 e. The van der Waals surface area contributed by atoms with Gasteiger partial charge in [0.15, 0.2) is 5.78 Å². The van der Waals surface area contributed by atoms with Gasteiger partial charge in [-0.1, -0.05) is 42.5 Å². The van der Waals surface area contributed by atoms with Gasteiger partial charge in [0.1, 0.15) is 5.75 Å². The van der Waals surface area contributed by atoms with Crippen LogP contribution in [0, 0.1) is 0 Å². The zero-order chi connectivity index (χ0) is 16.2. The molecule has 0 bridgehead atoms. The van der Waals surface area contributed by atoms with E-state index in [1.165, 1.54) is 5.56 Å². The van der Waals surface area contributed by atoms with Crippen LogP contribution in [0.15, 0.2) is 60.2 Å². The lowest BCUT2D eigenvalue weighted by molar-refractivity contribution is -0.116. The van der Waals surface area contributed by atoms with Crippen LogP contribution in [0.4, 0.5) is 0 Å². The summed E-state index contributed by atoms with van der Waals surface area (Å²) in [5.74, 6) is 1.11. The lowest BCUT2D eigenvalue weighted by Gasteiger charge is -2.27. The molecule has 1 fully saturated rings. The van der Waals surface area contributed by atoms with Gasteiger partial charge < -0.3 is 4.74 Å². The number of ether oxygens (including phenoxy) is 1. The van der Waals surface area contributed by atoms with Crippen LogP contribution < -0.4 is 4.74 Å². The summed E-state index contributed by atoms with van der Waals surface area (Å²) in [7, 11) is 1.64. The number of benzene rings is 2. The molecule has 1 aliphatic carbocycles. The minimum atomic E-state index is -0.453. The summed E-state index contributed by atoms with van der Waals surface area (Å²) < 4.78 is 5.24. The summed E-state index contributed by atoms with van der Waals surface area (Å²) in [4.78, 5) is 12.4. The number of Topliss-reactive ketones (excluding diaryl/α,β-unsaturated/α-hetero) is 1. The molecule has 2 atom stereocenters. The number of carbonyl (C=O) groups is 1. The van der Waals surface area contributed by atoms with E-state index < -0.39 is 5.38 Å². The van der Waals surface area contributed by atoms with Crippen molar-refractivity contribution in [2.45, 2.75) is 24.1 Å². The first kappa shape index (κ1) is 15.8. The van der Waals surface area contributed by atoms with Gasteiger partial charge in [-0.25, -0.2) is 0 Å². The fourth-order valence-corrected chi connectivity index (χ4v) is 3.40. The number of carbonyl (C=O) groups excluding carboxylic acids is 1. The third kappa shape index (κ3) is 3.65. The Bertz CT molecular complexity index is 721. The Morgan fingerprint density at radius 2 is 1.91 bits per heavy atom. The summed E-state index contributed by atoms with van der Waals surface area (Å²) in [6.07, 6.45) is 3.36. The first-order chi connectivity index (χ1) is 11.2. The third-order valence-electron chi connectivity index (χ3n) is 4.26. The monoisotopic (exact) mass is 326 g/mol. The first-order valence-corrected chi connectivity index (χ1v) is 8.19. The Hall–Kier alpha value is -2.06. The van der Waals surface area contributed by atoms with E-state index in [0.29, 0.717) is 6.42 Å². The highest BCUT2D eigenvalue weighted by atomic mass is 35.5. The topological polar surface area (TPSA) is 26.3 Å². The third-order valence-corrected chi connectivity index (χ3v) is 4.64. The van der Waals surface area contributed by atoms with Crippen LogP contribution in [-0.2, 0) is 4.79 Å². The molecule has 0 aromatic heterocycles. The fourth-order valence-electron chi connectivity index (χ4n) is 3.05. The number of rotatable bonds is 3. The Labute approximate surface area is 141 Å². The summed E-state index contributed by atoms with van der Waals surface area (Å²) in [6, 6.07) is 18.0.